The standard InChI is InChI=1S/C21H30O2/c1-14-6-5-7-19-20(14,3)11-10-15(2)21(19,4)13-16-12-17(22)8-9-18(16)23/h6,8-9,12,15,19,22-23H,5,7,10-11,13H2,1-4H3/t15-,19+,20-,21+/m0/s1. The molecule has 0 amide bonds. The number of fused-ring (bicyclic) bond motifs is 1. The van der Waals surface area contributed by atoms with Gasteiger partial charge >= 0.3 is 0 Å². The topological polar surface area (TPSA) is 40.5 Å². The van der Waals surface area contributed by atoms with Gasteiger partial charge in [-0.1, -0.05) is 32.4 Å². The number of allylic oxidation sites excluding steroid dienone is 2. The van der Waals surface area contributed by atoms with Crippen molar-refractivity contribution < 1.29 is 10.2 Å². The van der Waals surface area contributed by atoms with Gasteiger partial charge in [-0.25, -0.2) is 0 Å². The molecular weight excluding hydrogens is 284 g/mol. The van der Waals surface area contributed by atoms with Crippen molar-refractivity contribution in [3.8, 4) is 11.5 Å². The maximum absolute atomic E-state index is 10.3. The second kappa shape index (κ2) is 5.58. The molecule has 23 heavy (non-hydrogen) atoms. The van der Waals surface area contributed by atoms with Gasteiger partial charge in [0.25, 0.3) is 0 Å². The molecule has 2 N–H and O–H groups in total. The van der Waals surface area contributed by atoms with E-state index < -0.39 is 0 Å². The molecule has 2 aliphatic rings. The van der Waals surface area contributed by atoms with Gasteiger partial charge in [-0.05, 0) is 85.5 Å². The molecule has 1 aromatic carbocycles. The van der Waals surface area contributed by atoms with Crippen molar-refractivity contribution in [2.75, 3.05) is 0 Å². The van der Waals surface area contributed by atoms with E-state index in [-0.39, 0.29) is 16.6 Å². The van der Waals surface area contributed by atoms with Crippen molar-refractivity contribution in [3.63, 3.8) is 0 Å². The highest BCUT2D eigenvalue weighted by Crippen LogP contribution is 2.61. The Morgan fingerprint density at radius 1 is 1.17 bits per heavy atom. The Balaban J connectivity index is 2.00. The van der Waals surface area contributed by atoms with Gasteiger partial charge in [-0.3, -0.25) is 0 Å². The van der Waals surface area contributed by atoms with E-state index in [1.807, 2.05) is 0 Å². The minimum absolute atomic E-state index is 0.147. The van der Waals surface area contributed by atoms with E-state index in [9.17, 15) is 10.2 Å². The maximum Gasteiger partial charge on any atom is 0.119 e. The first-order valence-corrected chi connectivity index (χ1v) is 8.95. The summed E-state index contributed by atoms with van der Waals surface area (Å²) in [6, 6.07) is 4.92. The molecule has 4 atom stereocenters. The van der Waals surface area contributed by atoms with Gasteiger partial charge < -0.3 is 10.2 Å². The first kappa shape index (κ1) is 16.4. The van der Waals surface area contributed by atoms with Crippen LogP contribution < -0.4 is 0 Å². The van der Waals surface area contributed by atoms with Crippen molar-refractivity contribution in [3.05, 3.63) is 35.4 Å². The first-order chi connectivity index (χ1) is 10.8. The van der Waals surface area contributed by atoms with E-state index >= 15 is 0 Å². The summed E-state index contributed by atoms with van der Waals surface area (Å²) in [6.07, 6.45) is 8.16. The molecule has 0 heterocycles. The van der Waals surface area contributed by atoms with Crippen LogP contribution in [0, 0.1) is 22.7 Å². The summed E-state index contributed by atoms with van der Waals surface area (Å²) >= 11 is 0. The summed E-state index contributed by atoms with van der Waals surface area (Å²) in [7, 11) is 0. The lowest BCUT2D eigenvalue weighted by Crippen LogP contribution is -2.50. The third-order valence-corrected chi connectivity index (χ3v) is 7.23. The van der Waals surface area contributed by atoms with Crippen LogP contribution in [-0.4, -0.2) is 10.2 Å². The van der Waals surface area contributed by atoms with Crippen LogP contribution in [0.5, 0.6) is 11.5 Å². The van der Waals surface area contributed by atoms with E-state index in [1.165, 1.54) is 25.7 Å². The van der Waals surface area contributed by atoms with Crippen LogP contribution in [0.3, 0.4) is 0 Å². The smallest absolute Gasteiger partial charge is 0.119 e. The van der Waals surface area contributed by atoms with Gasteiger partial charge in [0, 0.05) is 0 Å². The van der Waals surface area contributed by atoms with Crippen LogP contribution in [0.15, 0.2) is 29.8 Å². The summed E-state index contributed by atoms with van der Waals surface area (Å²) in [6.45, 7) is 9.51. The normalized spacial score (nSPS) is 37.1. The number of rotatable bonds is 2. The average Bonchev–Trinajstić information content (AvgIpc) is 2.50. The predicted molar refractivity (Wildman–Crippen MR) is 94.6 cm³/mol. The fraction of sp³-hybridized carbons (Fsp3) is 0.619. The summed E-state index contributed by atoms with van der Waals surface area (Å²) in [5.74, 6) is 1.80. The molecule has 0 spiro atoms. The van der Waals surface area contributed by atoms with Crippen LogP contribution in [0.25, 0.3) is 0 Å². The minimum Gasteiger partial charge on any atom is -0.508 e. The highest BCUT2D eigenvalue weighted by Gasteiger charge is 2.53. The maximum atomic E-state index is 10.3. The van der Waals surface area contributed by atoms with E-state index in [4.69, 9.17) is 0 Å². The monoisotopic (exact) mass is 314 g/mol. The number of phenolic OH excluding ortho intramolecular Hbond substituents is 2. The summed E-state index contributed by atoms with van der Waals surface area (Å²) in [4.78, 5) is 0. The number of benzene rings is 1. The first-order valence-electron chi connectivity index (χ1n) is 8.95. The second-order valence-corrected chi connectivity index (χ2v) is 8.37. The zero-order valence-corrected chi connectivity index (χ0v) is 14.9. The quantitative estimate of drug-likeness (QED) is 0.564. The second-order valence-electron chi connectivity index (χ2n) is 8.37. The zero-order chi connectivity index (χ0) is 16.8. The molecule has 2 heteroatoms. The number of hydrogen-bond acceptors (Lipinski definition) is 2. The highest BCUT2D eigenvalue weighted by atomic mass is 16.3. The Bertz CT molecular complexity index is 633. The van der Waals surface area contributed by atoms with Crippen LogP contribution in [0.1, 0.15) is 58.9 Å². The Morgan fingerprint density at radius 3 is 2.65 bits per heavy atom. The van der Waals surface area contributed by atoms with Crippen LogP contribution in [-0.2, 0) is 6.42 Å². The minimum atomic E-state index is 0.147. The van der Waals surface area contributed by atoms with Crippen molar-refractivity contribution in [2.24, 2.45) is 22.7 Å². The number of hydrogen-bond donors (Lipinski definition) is 2. The fourth-order valence-electron chi connectivity index (χ4n) is 5.33. The molecule has 2 aliphatic carbocycles. The largest absolute Gasteiger partial charge is 0.508 e. The molecule has 126 valence electrons. The molecule has 0 unspecified atom stereocenters. The molecule has 0 aromatic heterocycles. The lowest BCUT2D eigenvalue weighted by molar-refractivity contribution is -0.0412. The lowest BCUT2D eigenvalue weighted by atomic mass is 9.47. The molecule has 1 saturated carbocycles. The molecule has 0 bridgehead atoms. The van der Waals surface area contributed by atoms with Crippen LogP contribution in [0.4, 0.5) is 0 Å². The summed E-state index contributed by atoms with van der Waals surface area (Å²) < 4.78 is 0. The molecule has 2 nitrogen and oxygen atoms in total. The molecule has 1 aromatic rings. The van der Waals surface area contributed by atoms with Gasteiger partial charge in [0.1, 0.15) is 11.5 Å². The van der Waals surface area contributed by atoms with E-state index in [0.29, 0.717) is 17.6 Å². The van der Waals surface area contributed by atoms with Crippen LogP contribution >= 0.6 is 0 Å². The Hall–Kier alpha value is -1.44. The fourth-order valence-corrected chi connectivity index (χ4v) is 5.33. The number of aromatic hydroxyl groups is 2. The number of phenols is 2. The SMILES string of the molecule is CC1=CCC[C@H]2[C@](C)(Cc3cc(O)ccc3O)[C@@H](C)CC[C@@]12C. The van der Waals surface area contributed by atoms with Crippen molar-refractivity contribution in [1.29, 1.82) is 0 Å². The third-order valence-electron chi connectivity index (χ3n) is 7.23. The van der Waals surface area contributed by atoms with Gasteiger partial charge in [0.2, 0.25) is 0 Å². The predicted octanol–water partition coefficient (Wildman–Crippen LogP) is 5.44. The third kappa shape index (κ3) is 2.56. The average molecular weight is 314 g/mol. The van der Waals surface area contributed by atoms with Gasteiger partial charge in [-0.15, -0.1) is 0 Å². The van der Waals surface area contributed by atoms with Gasteiger partial charge in [0.05, 0.1) is 0 Å². The van der Waals surface area contributed by atoms with Crippen LogP contribution in [0.2, 0.25) is 0 Å². The van der Waals surface area contributed by atoms with Gasteiger partial charge in [0.15, 0.2) is 0 Å². The molecule has 0 aliphatic heterocycles. The molecule has 3 rings (SSSR count). The molecule has 1 fully saturated rings. The highest BCUT2D eigenvalue weighted by molar-refractivity contribution is 5.39. The van der Waals surface area contributed by atoms with E-state index in [2.05, 4.69) is 33.8 Å². The van der Waals surface area contributed by atoms with Crippen molar-refractivity contribution in [1.82, 2.24) is 0 Å². The molecule has 0 saturated heterocycles. The summed E-state index contributed by atoms with van der Waals surface area (Å²) in [5, 5.41) is 20.1. The zero-order valence-electron chi connectivity index (χ0n) is 14.9. The lowest BCUT2D eigenvalue weighted by Gasteiger charge is -2.58. The Morgan fingerprint density at radius 2 is 1.91 bits per heavy atom. The van der Waals surface area contributed by atoms with E-state index in [1.54, 1.807) is 23.8 Å². The van der Waals surface area contributed by atoms with Crippen molar-refractivity contribution >= 4 is 0 Å². The van der Waals surface area contributed by atoms with E-state index in [0.717, 1.165) is 12.0 Å². The Labute approximate surface area is 140 Å². The summed E-state index contributed by atoms with van der Waals surface area (Å²) in [5.41, 5.74) is 2.86. The molecular formula is C21H30O2. The Kier molecular flexibility index (Phi) is 3.98. The molecule has 0 radical (unpaired) electrons. The van der Waals surface area contributed by atoms with Crippen molar-refractivity contribution in [2.45, 2.75) is 59.8 Å². The van der Waals surface area contributed by atoms with Gasteiger partial charge in [-0.2, -0.15) is 0 Å².